The minimum Gasteiger partial charge on any atom is -0.466 e. The first-order valence-corrected chi connectivity index (χ1v) is 7.12. The van der Waals surface area contributed by atoms with E-state index in [2.05, 4.69) is 4.90 Å². The molecule has 0 aromatic heterocycles. The second kappa shape index (κ2) is 6.32. The monoisotopic (exact) mass is 253 g/mol. The molecule has 2 aliphatic rings. The highest BCUT2D eigenvalue weighted by Gasteiger charge is 2.31. The Morgan fingerprint density at radius 2 is 2.00 bits per heavy atom. The molecule has 102 valence electrons. The van der Waals surface area contributed by atoms with E-state index in [1.165, 1.54) is 0 Å². The average Bonchev–Trinajstić information content (AvgIpc) is 3.21. The standard InChI is InChI=1S/C14H23NO3/c1-2-18-14(17)12-4-3-8-15(10-12)9-7-13(16)11-5-6-11/h11-12H,2-10H2,1H3/t12-/m0/s1. The predicted molar refractivity (Wildman–Crippen MR) is 68.1 cm³/mol. The Morgan fingerprint density at radius 1 is 1.22 bits per heavy atom. The Hall–Kier alpha value is -0.900. The van der Waals surface area contributed by atoms with Crippen molar-refractivity contribution in [3.63, 3.8) is 0 Å². The van der Waals surface area contributed by atoms with Crippen molar-refractivity contribution in [3.05, 3.63) is 0 Å². The number of carbonyl (C=O) groups is 2. The van der Waals surface area contributed by atoms with Gasteiger partial charge in [-0.2, -0.15) is 0 Å². The number of likely N-dealkylation sites (tertiary alicyclic amines) is 1. The van der Waals surface area contributed by atoms with Gasteiger partial charge in [0.2, 0.25) is 0 Å². The first kappa shape index (κ1) is 13.5. The molecule has 0 unspecified atom stereocenters. The van der Waals surface area contributed by atoms with Crippen LogP contribution in [0.3, 0.4) is 0 Å². The van der Waals surface area contributed by atoms with Crippen molar-refractivity contribution in [1.29, 1.82) is 0 Å². The zero-order valence-electron chi connectivity index (χ0n) is 11.2. The number of ether oxygens (including phenoxy) is 1. The summed E-state index contributed by atoms with van der Waals surface area (Å²) in [7, 11) is 0. The molecule has 0 aromatic carbocycles. The van der Waals surface area contributed by atoms with E-state index in [1.807, 2.05) is 6.92 Å². The van der Waals surface area contributed by atoms with Gasteiger partial charge < -0.3 is 9.64 Å². The Balaban J connectivity index is 1.72. The zero-order chi connectivity index (χ0) is 13.0. The van der Waals surface area contributed by atoms with Gasteiger partial charge in [0.15, 0.2) is 0 Å². The van der Waals surface area contributed by atoms with Crippen molar-refractivity contribution in [2.24, 2.45) is 11.8 Å². The molecule has 0 radical (unpaired) electrons. The van der Waals surface area contributed by atoms with Crippen LogP contribution in [0.25, 0.3) is 0 Å². The van der Waals surface area contributed by atoms with Crippen LogP contribution in [0, 0.1) is 11.8 Å². The summed E-state index contributed by atoms with van der Waals surface area (Å²) in [5.41, 5.74) is 0. The summed E-state index contributed by atoms with van der Waals surface area (Å²) in [6.45, 7) is 4.87. The molecule has 4 nitrogen and oxygen atoms in total. The first-order valence-electron chi connectivity index (χ1n) is 7.12. The molecule has 0 spiro atoms. The van der Waals surface area contributed by atoms with Gasteiger partial charge >= 0.3 is 5.97 Å². The minimum atomic E-state index is -0.0734. The highest BCUT2D eigenvalue weighted by Crippen LogP contribution is 2.31. The Labute approximate surface area is 109 Å². The number of Topliss-reactive ketones (excluding diaryl/α,β-unsaturated/α-hetero) is 1. The molecule has 4 heteroatoms. The Kier molecular flexibility index (Phi) is 4.75. The van der Waals surface area contributed by atoms with E-state index < -0.39 is 0 Å². The molecular formula is C14H23NO3. The lowest BCUT2D eigenvalue weighted by molar-refractivity contribution is -0.149. The molecule has 0 bridgehead atoms. The summed E-state index contributed by atoms with van der Waals surface area (Å²) in [4.78, 5) is 25.6. The van der Waals surface area contributed by atoms with Gasteiger partial charge in [-0.3, -0.25) is 9.59 Å². The summed E-state index contributed by atoms with van der Waals surface area (Å²) in [6, 6.07) is 0. The van der Waals surface area contributed by atoms with E-state index in [-0.39, 0.29) is 11.9 Å². The van der Waals surface area contributed by atoms with Gasteiger partial charge in [0, 0.05) is 25.4 Å². The zero-order valence-corrected chi connectivity index (χ0v) is 11.2. The Morgan fingerprint density at radius 3 is 2.67 bits per heavy atom. The molecule has 1 aliphatic heterocycles. The lowest BCUT2D eigenvalue weighted by atomic mass is 9.98. The minimum absolute atomic E-state index is 0.00901. The van der Waals surface area contributed by atoms with Crippen LogP contribution in [-0.2, 0) is 14.3 Å². The van der Waals surface area contributed by atoms with Crippen molar-refractivity contribution in [2.75, 3.05) is 26.2 Å². The third-order valence-electron chi connectivity index (χ3n) is 3.83. The maximum Gasteiger partial charge on any atom is 0.310 e. The van der Waals surface area contributed by atoms with Gasteiger partial charge in [-0.25, -0.2) is 0 Å². The number of nitrogens with zero attached hydrogens (tertiary/aromatic N) is 1. The van der Waals surface area contributed by atoms with E-state index in [0.29, 0.717) is 24.7 Å². The van der Waals surface area contributed by atoms with Gasteiger partial charge in [0.25, 0.3) is 0 Å². The molecule has 0 aromatic rings. The SMILES string of the molecule is CCOC(=O)[C@H]1CCCN(CCC(=O)C2CC2)C1. The maximum absolute atomic E-state index is 11.7. The molecule has 1 aliphatic carbocycles. The van der Waals surface area contributed by atoms with Crippen LogP contribution in [0.4, 0.5) is 0 Å². The van der Waals surface area contributed by atoms with E-state index in [4.69, 9.17) is 4.74 Å². The third-order valence-corrected chi connectivity index (χ3v) is 3.83. The number of ketones is 1. The molecule has 2 rings (SSSR count). The molecule has 1 saturated carbocycles. The van der Waals surface area contributed by atoms with Crippen molar-refractivity contribution in [3.8, 4) is 0 Å². The second-order valence-corrected chi connectivity index (χ2v) is 5.38. The van der Waals surface area contributed by atoms with E-state index >= 15 is 0 Å². The number of rotatable bonds is 6. The highest BCUT2D eigenvalue weighted by atomic mass is 16.5. The molecule has 2 fully saturated rings. The van der Waals surface area contributed by atoms with Crippen LogP contribution in [0.15, 0.2) is 0 Å². The van der Waals surface area contributed by atoms with Crippen LogP contribution < -0.4 is 0 Å². The van der Waals surface area contributed by atoms with Crippen molar-refractivity contribution in [2.45, 2.75) is 39.0 Å². The van der Waals surface area contributed by atoms with Gasteiger partial charge in [-0.15, -0.1) is 0 Å². The van der Waals surface area contributed by atoms with Crippen molar-refractivity contribution >= 4 is 11.8 Å². The topological polar surface area (TPSA) is 46.6 Å². The van der Waals surface area contributed by atoms with Gasteiger partial charge in [0.1, 0.15) is 5.78 Å². The maximum atomic E-state index is 11.7. The first-order chi connectivity index (χ1) is 8.70. The molecule has 1 heterocycles. The van der Waals surface area contributed by atoms with Crippen LogP contribution in [-0.4, -0.2) is 42.9 Å². The van der Waals surface area contributed by atoms with Gasteiger partial charge in [0.05, 0.1) is 12.5 Å². The summed E-state index contributed by atoms with van der Waals surface area (Å²) >= 11 is 0. The Bertz CT molecular complexity index is 312. The lowest BCUT2D eigenvalue weighted by Crippen LogP contribution is -2.40. The fraction of sp³-hybridized carbons (Fsp3) is 0.857. The lowest BCUT2D eigenvalue weighted by Gasteiger charge is -2.31. The summed E-state index contributed by atoms with van der Waals surface area (Å²) in [5, 5.41) is 0. The quantitative estimate of drug-likeness (QED) is 0.675. The summed E-state index contributed by atoms with van der Waals surface area (Å²) in [6.07, 6.45) is 4.78. The predicted octanol–water partition coefficient (Wildman–Crippen LogP) is 1.63. The summed E-state index contributed by atoms with van der Waals surface area (Å²) < 4.78 is 5.07. The normalized spacial score (nSPS) is 24.8. The van der Waals surface area contributed by atoms with E-state index in [0.717, 1.165) is 45.3 Å². The molecule has 0 amide bonds. The molecule has 18 heavy (non-hydrogen) atoms. The largest absolute Gasteiger partial charge is 0.466 e. The van der Waals surface area contributed by atoms with Crippen LogP contribution in [0.5, 0.6) is 0 Å². The van der Waals surface area contributed by atoms with Gasteiger partial charge in [-0.05, 0) is 39.2 Å². The number of carbonyl (C=O) groups excluding carboxylic acids is 2. The summed E-state index contributed by atoms with van der Waals surface area (Å²) in [5.74, 6) is 0.703. The second-order valence-electron chi connectivity index (χ2n) is 5.38. The fourth-order valence-corrected chi connectivity index (χ4v) is 2.59. The number of piperidine rings is 1. The third kappa shape index (κ3) is 3.80. The molecule has 1 saturated heterocycles. The number of hydrogen-bond acceptors (Lipinski definition) is 4. The average molecular weight is 253 g/mol. The number of hydrogen-bond donors (Lipinski definition) is 0. The molecule has 1 atom stereocenters. The molecule has 0 N–H and O–H groups in total. The fourth-order valence-electron chi connectivity index (χ4n) is 2.59. The van der Waals surface area contributed by atoms with Crippen molar-refractivity contribution < 1.29 is 14.3 Å². The van der Waals surface area contributed by atoms with Crippen molar-refractivity contribution in [1.82, 2.24) is 4.90 Å². The molecular weight excluding hydrogens is 230 g/mol. The highest BCUT2D eigenvalue weighted by molar-refractivity contribution is 5.83. The number of esters is 1. The van der Waals surface area contributed by atoms with Crippen LogP contribution in [0.1, 0.15) is 39.0 Å². The van der Waals surface area contributed by atoms with Gasteiger partial charge in [-0.1, -0.05) is 0 Å². The van der Waals surface area contributed by atoms with E-state index in [1.54, 1.807) is 0 Å². The van der Waals surface area contributed by atoms with Crippen LogP contribution >= 0.6 is 0 Å². The smallest absolute Gasteiger partial charge is 0.310 e. The van der Waals surface area contributed by atoms with E-state index in [9.17, 15) is 9.59 Å². The van der Waals surface area contributed by atoms with Crippen LogP contribution in [0.2, 0.25) is 0 Å².